The normalized spacial score (nSPS) is 19.2. The topological polar surface area (TPSA) is 54.2 Å². The van der Waals surface area contributed by atoms with Crippen molar-refractivity contribution in [3.63, 3.8) is 0 Å². The van der Waals surface area contributed by atoms with Crippen LogP contribution in [0.1, 0.15) is 12.2 Å². The van der Waals surface area contributed by atoms with Gasteiger partial charge in [0.05, 0.1) is 6.54 Å². The SMILES string of the molecule is CNCC1CCN(Cc2noc(-c3ccc(Cl)cc3)n2)C1. The van der Waals surface area contributed by atoms with Gasteiger partial charge >= 0.3 is 0 Å². The van der Waals surface area contributed by atoms with E-state index in [1.165, 1.54) is 6.42 Å². The van der Waals surface area contributed by atoms with E-state index in [1.807, 2.05) is 31.3 Å². The van der Waals surface area contributed by atoms with Gasteiger partial charge in [0, 0.05) is 17.1 Å². The average Bonchev–Trinajstić information content (AvgIpc) is 3.11. The minimum Gasteiger partial charge on any atom is -0.334 e. The first-order valence-corrected chi connectivity index (χ1v) is 7.58. The van der Waals surface area contributed by atoms with E-state index in [9.17, 15) is 0 Å². The van der Waals surface area contributed by atoms with Crippen LogP contribution < -0.4 is 5.32 Å². The summed E-state index contributed by atoms with van der Waals surface area (Å²) >= 11 is 5.88. The van der Waals surface area contributed by atoms with Crippen molar-refractivity contribution in [2.75, 3.05) is 26.7 Å². The Hall–Kier alpha value is -1.43. The molecule has 0 bridgehead atoms. The summed E-state index contributed by atoms with van der Waals surface area (Å²) in [6.45, 7) is 4.00. The fourth-order valence-corrected chi connectivity index (χ4v) is 2.87. The van der Waals surface area contributed by atoms with E-state index in [-0.39, 0.29) is 0 Å². The Balaban J connectivity index is 1.62. The molecule has 1 atom stereocenters. The van der Waals surface area contributed by atoms with Gasteiger partial charge in [0.15, 0.2) is 5.82 Å². The number of rotatable bonds is 5. The van der Waals surface area contributed by atoms with Gasteiger partial charge in [-0.25, -0.2) is 0 Å². The molecule has 0 aliphatic carbocycles. The van der Waals surface area contributed by atoms with Gasteiger partial charge in [0.25, 0.3) is 5.89 Å². The second-order valence-corrected chi connectivity index (χ2v) is 5.91. The first-order chi connectivity index (χ1) is 10.2. The van der Waals surface area contributed by atoms with Crippen molar-refractivity contribution in [3.8, 4) is 11.5 Å². The molecule has 1 fully saturated rings. The van der Waals surface area contributed by atoms with Gasteiger partial charge < -0.3 is 9.84 Å². The zero-order valence-corrected chi connectivity index (χ0v) is 12.8. The van der Waals surface area contributed by atoms with Crippen molar-refractivity contribution in [2.45, 2.75) is 13.0 Å². The van der Waals surface area contributed by atoms with Gasteiger partial charge in [-0.3, -0.25) is 4.90 Å². The number of likely N-dealkylation sites (tertiary alicyclic amines) is 1. The van der Waals surface area contributed by atoms with Crippen LogP contribution in [-0.2, 0) is 6.54 Å². The largest absolute Gasteiger partial charge is 0.334 e. The standard InChI is InChI=1S/C15H19ClN4O/c1-17-8-11-6-7-20(9-11)10-14-18-15(21-19-14)12-2-4-13(16)5-3-12/h2-5,11,17H,6-10H2,1H3. The number of hydrogen-bond donors (Lipinski definition) is 1. The Labute approximate surface area is 129 Å². The van der Waals surface area contributed by atoms with Crippen molar-refractivity contribution >= 4 is 11.6 Å². The van der Waals surface area contributed by atoms with Gasteiger partial charge in [0.1, 0.15) is 0 Å². The molecule has 1 N–H and O–H groups in total. The lowest BCUT2D eigenvalue weighted by atomic mass is 10.1. The van der Waals surface area contributed by atoms with E-state index < -0.39 is 0 Å². The zero-order valence-electron chi connectivity index (χ0n) is 12.1. The fourth-order valence-electron chi connectivity index (χ4n) is 2.74. The van der Waals surface area contributed by atoms with E-state index in [1.54, 1.807) is 0 Å². The first-order valence-electron chi connectivity index (χ1n) is 7.20. The highest BCUT2D eigenvalue weighted by atomic mass is 35.5. The molecule has 1 aromatic carbocycles. The summed E-state index contributed by atoms with van der Waals surface area (Å²) < 4.78 is 5.33. The van der Waals surface area contributed by atoms with E-state index >= 15 is 0 Å². The monoisotopic (exact) mass is 306 g/mol. The molecule has 0 saturated carbocycles. The van der Waals surface area contributed by atoms with Crippen molar-refractivity contribution in [3.05, 3.63) is 35.1 Å². The first kappa shape index (κ1) is 14.5. The summed E-state index contributed by atoms with van der Waals surface area (Å²) in [6, 6.07) is 7.42. The third-order valence-corrected chi connectivity index (χ3v) is 4.04. The lowest BCUT2D eigenvalue weighted by molar-refractivity contribution is 0.299. The predicted molar refractivity (Wildman–Crippen MR) is 82.1 cm³/mol. The number of benzene rings is 1. The second kappa shape index (κ2) is 6.56. The lowest BCUT2D eigenvalue weighted by Crippen LogP contribution is -2.24. The van der Waals surface area contributed by atoms with Crippen molar-refractivity contribution in [1.29, 1.82) is 0 Å². The number of aromatic nitrogens is 2. The maximum absolute atomic E-state index is 5.88. The summed E-state index contributed by atoms with van der Waals surface area (Å²) in [7, 11) is 2.00. The molecule has 5 nitrogen and oxygen atoms in total. The molecule has 1 aliphatic rings. The Morgan fingerprint density at radius 1 is 1.38 bits per heavy atom. The maximum Gasteiger partial charge on any atom is 0.257 e. The summed E-state index contributed by atoms with van der Waals surface area (Å²) in [5.74, 6) is 2.01. The van der Waals surface area contributed by atoms with Crippen LogP contribution in [0.25, 0.3) is 11.5 Å². The van der Waals surface area contributed by atoms with Crippen LogP contribution in [0.5, 0.6) is 0 Å². The average molecular weight is 307 g/mol. The van der Waals surface area contributed by atoms with E-state index in [2.05, 4.69) is 20.4 Å². The summed E-state index contributed by atoms with van der Waals surface area (Å²) in [5, 5.41) is 8.01. The van der Waals surface area contributed by atoms with Crippen LogP contribution in [0.4, 0.5) is 0 Å². The van der Waals surface area contributed by atoms with Gasteiger partial charge in [0.2, 0.25) is 0 Å². The molecule has 0 amide bonds. The van der Waals surface area contributed by atoms with Crippen LogP contribution in [0.3, 0.4) is 0 Å². The van der Waals surface area contributed by atoms with Gasteiger partial charge in [-0.05, 0) is 56.7 Å². The van der Waals surface area contributed by atoms with Crippen LogP contribution >= 0.6 is 11.6 Å². The van der Waals surface area contributed by atoms with Crippen LogP contribution in [0.15, 0.2) is 28.8 Å². The highest BCUT2D eigenvalue weighted by Crippen LogP contribution is 2.21. The smallest absolute Gasteiger partial charge is 0.257 e. The number of nitrogens with one attached hydrogen (secondary N) is 1. The van der Waals surface area contributed by atoms with Gasteiger partial charge in [-0.15, -0.1) is 0 Å². The maximum atomic E-state index is 5.88. The highest BCUT2D eigenvalue weighted by molar-refractivity contribution is 6.30. The Morgan fingerprint density at radius 2 is 2.19 bits per heavy atom. The third-order valence-electron chi connectivity index (χ3n) is 3.79. The molecule has 2 heterocycles. The van der Waals surface area contributed by atoms with E-state index in [0.717, 1.165) is 43.5 Å². The molecule has 1 aromatic heterocycles. The molecule has 6 heteroatoms. The fraction of sp³-hybridized carbons (Fsp3) is 0.467. The van der Waals surface area contributed by atoms with E-state index in [4.69, 9.17) is 16.1 Å². The molecule has 1 unspecified atom stereocenters. The van der Waals surface area contributed by atoms with Crippen LogP contribution in [-0.4, -0.2) is 41.7 Å². The van der Waals surface area contributed by atoms with Crippen molar-refractivity contribution in [1.82, 2.24) is 20.4 Å². The predicted octanol–water partition coefficient (Wildman–Crippen LogP) is 2.43. The van der Waals surface area contributed by atoms with Crippen LogP contribution in [0, 0.1) is 5.92 Å². The molecule has 1 aliphatic heterocycles. The zero-order chi connectivity index (χ0) is 14.7. The summed E-state index contributed by atoms with van der Waals surface area (Å²) in [6.07, 6.45) is 1.22. The summed E-state index contributed by atoms with van der Waals surface area (Å²) in [5.41, 5.74) is 0.896. The highest BCUT2D eigenvalue weighted by Gasteiger charge is 2.23. The molecule has 2 aromatic rings. The minimum atomic E-state index is 0.549. The second-order valence-electron chi connectivity index (χ2n) is 5.47. The molecule has 112 valence electrons. The molecule has 1 saturated heterocycles. The Morgan fingerprint density at radius 3 is 2.95 bits per heavy atom. The summed E-state index contributed by atoms with van der Waals surface area (Å²) in [4.78, 5) is 6.84. The third kappa shape index (κ3) is 3.61. The van der Waals surface area contributed by atoms with Crippen LogP contribution in [0.2, 0.25) is 5.02 Å². The van der Waals surface area contributed by atoms with Gasteiger partial charge in [-0.1, -0.05) is 16.8 Å². The molecule has 3 rings (SSSR count). The van der Waals surface area contributed by atoms with Crippen molar-refractivity contribution < 1.29 is 4.52 Å². The Bertz CT molecular complexity index is 584. The number of halogens is 1. The van der Waals surface area contributed by atoms with Gasteiger partial charge in [-0.2, -0.15) is 4.98 Å². The molecular formula is C15H19ClN4O. The lowest BCUT2D eigenvalue weighted by Gasteiger charge is -2.13. The Kier molecular flexibility index (Phi) is 4.53. The molecule has 0 spiro atoms. The number of nitrogens with zero attached hydrogens (tertiary/aromatic N) is 3. The quantitative estimate of drug-likeness (QED) is 0.919. The van der Waals surface area contributed by atoms with Crippen molar-refractivity contribution in [2.24, 2.45) is 5.92 Å². The molecule has 21 heavy (non-hydrogen) atoms. The minimum absolute atomic E-state index is 0.549. The molecule has 0 radical (unpaired) electrons. The number of hydrogen-bond acceptors (Lipinski definition) is 5. The van der Waals surface area contributed by atoms with E-state index in [0.29, 0.717) is 10.9 Å². The molecular weight excluding hydrogens is 288 g/mol.